The standard InChI is InChI=1S/C11H16N4O4S/c16-10(17)9-7-14(8-13-9)2-1-12-11(18)15-3-5-20(19)6-4-15/h7-8H,1-6H2,(H,12,18)(H,16,17). The van der Waals surface area contributed by atoms with Crippen LogP contribution >= 0.6 is 0 Å². The first-order chi connectivity index (χ1) is 9.56. The fourth-order valence-electron chi connectivity index (χ4n) is 1.84. The molecule has 2 N–H and O–H groups in total. The Balaban J connectivity index is 1.73. The zero-order valence-corrected chi connectivity index (χ0v) is 11.6. The molecule has 2 rings (SSSR count). The van der Waals surface area contributed by atoms with Crippen molar-refractivity contribution in [1.29, 1.82) is 0 Å². The summed E-state index contributed by atoms with van der Waals surface area (Å²) in [6, 6.07) is -0.180. The number of nitrogens with zero attached hydrogens (tertiary/aromatic N) is 3. The molecular weight excluding hydrogens is 284 g/mol. The molecular formula is C11H16N4O4S. The van der Waals surface area contributed by atoms with Gasteiger partial charge in [0.2, 0.25) is 0 Å². The van der Waals surface area contributed by atoms with Gasteiger partial charge in [0.1, 0.15) is 0 Å². The molecule has 0 saturated carbocycles. The lowest BCUT2D eigenvalue weighted by molar-refractivity contribution is 0.0691. The molecule has 0 aromatic carbocycles. The first-order valence-electron chi connectivity index (χ1n) is 6.19. The third kappa shape index (κ3) is 3.80. The number of aromatic carboxylic acids is 1. The van der Waals surface area contributed by atoms with Crippen molar-refractivity contribution in [1.82, 2.24) is 19.8 Å². The predicted octanol–water partition coefficient (Wildman–Crippen LogP) is -0.645. The second kappa shape index (κ2) is 6.51. The highest BCUT2D eigenvalue weighted by atomic mass is 32.2. The molecule has 9 heteroatoms. The van der Waals surface area contributed by atoms with Crippen molar-refractivity contribution in [2.45, 2.75) is 6.54 Å². The van der Waals surface area contributed by atoms with E-state index in [1.165, 1.54) is 12.5 Å². The van der Waals surface area contributed by atoms with E-state index in [9.17, 15) is 13.8 Å². The first-order valence-corrected chi connectivity index (χ1v) is 7.68. The maximum Gasteiger partial charge on any atom is 0.356 e. The molecule has 0 bridgehead atoms. The third-order valence-corrected chi connectivity index (χ3v) is 4.24. The van der Waals surface area contributed by atoms with Gasteiger partial charge in [0.25, 0.3) is 0 Å². The molecule has 20 heavy (non-hydrogen) atoms. The van der Waals surface area contributed by atoms with Crippen molar-refractivity contribution >= 4 is 22.8 Å². The first kappa shape index (κ1) is 14.5. The lowest BCUT2D eigenvalue weighted by Crippen LogP contribution is -2.47. The van der Waals surface area contributed by atoms with Gasteiger partial charge in [0.15, 0.2) is 5.69 Å². The maximum atomic E-state index is 11.8. The van der Waals surface area contributed by atoms with E-state index >= 15 is 0 Å². The smallest absolute Gasteiger partial charge is 0.356 e. The molecule has 1 aromatic heterocycles. The quantitative estimate of drug-likeness (QED) is 0.769. The van der Waals surface area contributed by atoms with Crippen molar-refractivity contribution in [3.05, 3.63) is 18.2 Å². The second-order valence-corrected chi connectivity index (χ2v) is 6.07. The zero-order chi connectivity index (χ0) is 14.5. The Labute approximate surface area is 118 Å². The summed E-state index contributed by atoms with van der Waals surface area (Å²) in [7, 11) is -0.804. The Morgan fingerprint density at radius 2 is 2.10 bits per heavy atom. The van der Waals surface area contributed by atoms with Crippen LogP contribution in [0.1, 0.15) is 10.5 Å². The van der Waals surface area contributed by atoms with E-state index in [0.717, 1.165) is 0 Å². The van der Waals surface area contributed by atoms with E-state index < -0.39 is 16.8 Å². The molecule has 0 radical (unpaired) electrons. The highest BCUT2D eigenvalue weighted by molar-refractivity contribution is 7.85. The van der Waals surface area contributed by atoms with Gasteiger partial charge in [0.05, 0.1) is 6.33 Å². The lowest BCUT2D eigenvalue weighted by atomic mass is 10.5. The van der Waals surface area contributed by atoms with Gasteiger partial charge in [-0.1, -0.05) is 0 Å². The minimum atomic E-state index is -1.07. The van der Waals surface area contributed by atoms with Crippen LogP contribution in [0.3, 0.4) is 0 Å². The predicted molar refractivity (Wildman–Crippen MR) is 72.0 cm³/mol. The van der Waals surface area contributed by atoms with Crippen molar-refractivity contribution in [3.8, 4) is 0 Å². The molecule has 0 aliphatic carbocycles. The topological polar surface area (TPSA) is 105 Å². The number of urea groups is 1. The summed E-state index contributed by atoms with van der Waals surface area (Å²) in [5.74, 6) is -0.0255. The van der Waals surface area contributed by atoms with E-state index in [-0.39, 0.29) is 11.7 Å². The van der Waals surface area contributed by atoms with Gasteiger partial charge < -0.3 is 19.9 Å². The van der Waals surface area contributed by atoms with E-state index in [0.29, 0.717) is 37.7 Å². The van der Waals surface area contributed by atoms with Crippen molar-refractivity contribution in [3.63, 3.8) is 0 Å². The normalized spacial score (nSPS) is 16.1. The number of rotatable bonds is 4. The Morgan fingerprint density at radius 3 is 2.70 bits per heavy atom. The molecule has 1 aliphatic heterocycles. The minimum Gasteiger partial charge on any atom is -0.476 e. The fraction of sp³-hybridized carbons (Fsp3) is 0.545. The Morgan fingerprint density at radius 1 is 1.40 bits per heavy atom. The number of carboxylic acids is 1. The fourth-order valence-corrected chi connectivity index (χ4v) is 2.89. The summed E-state index contributed by atoms with van der Waals surface area (Å²) in [5.41, 5.74) is -0.0187. The van der Waals surface area contributed by atoms with Crippen LogP contribution in [0.25, 0.3) is 0 Å². The van der Waals surface area contributed by atoms with E-state index in [4.69, 9.17) is 5.11 Å². The van der Waals surface area contributed by atoms with Gasteiger partial charge in [-0.25, -0.2) is 14.6 Å². The second-order valence-electron chi connectivity index (χ2n) is 4.37. The van der Waals surface area contributed by atoms with Gasteiger partial charge >= 0.3 is 12.0 Å². The number of carbonyl (C=O) groups excluding carboxylic acids is 1. The monoisotopic (exact) mass is 300 g/mol. The van der Waals surface area contributed by atoms with Gasteiger partial charge in [-0.2, -0.15) is 0 Å². The molecule has 8 nitrogen and oxygen atoms in total. The average molecular weight is 300 g/mol. The Hall–Kier alpha value is -1.90. The van der Waals surface area contributed by atoms with Crippen molar-refractivity contribution in [2.24, 2.45) is 0 Å². The van der Waals surface area contributed by atoms with Crippen molar-refractivity contribution < 1.29 is 18.9 Å². The molecule has 1 saturated heterocycles. The number of carboxylic acid groups (broad SMARTS) is 1. The van der Waals surface area contributed by atoms with Crippen LogP contribution in [0, 0.1) is 0 Å². The maximum absolute atomic E-state index is 11.8. The van der Waals surface area contributed by atoms with Crippen LogP contribution in [0.2, 0.25) is 0 Å². The van der Waals surface area contributed by atoms with Gasteiger partial charge in [-0.15, -0.1) is 0 Å². The summed E-state index contributed by atoms with van der Waals surface area (Å²) < 4.78 is 12.8. The number of amides is 2. The van der Waals surface area contributed by atoms with Crippen LogP contribution in [0.5, 0.6) is 0 Å². The molecule has 2 heterocycles. The number of imidazole rings is 1. The van der Waals surface area contributed by atoms with Gasteiger partial charge in [0, 0.05) is 54.7 Å². The Bertz CT molecular complexity index is 520. The number of aromatic nitrogens is 2. The zero-order valence-electron chi connectivity index (χ0n) is 10.8. The van der Waals surface area contributed by atoms with Crippen LogP contribution in [-0.2, 0) is 17.3 Å². The average Bonchev–Trinajstić information content (AvgIpc) is 2.88. The summed E-state index contributed by atoms with van der Waals surface area (Å²) in [5, 5.41) is 11.5. The number of hydrogen-bond acceptors (Lipinski definition) is 4. The van der Waals surface area contributed by atoms with Crippen LogP contribution in [-0.4, -0.2) is 66.9 Å². The number of nitrogens with one attached hydrogen (secondary N) is 1. The molecule has 0 atom stereocenters. The number of carbonyl (C=O) groups is 2. The van der Waals surface area contributed by atoms with Crippen molar-refractivity contribution in [2.75, 3.05) is 31.1 Å². The number of hydrogen-bond donors (Lipinski definition) is 2. The SMILES string of the molecule is O=C(O)c1cn(CCNC(=O)N2CCS(=O)CC2)cn1. The summed E-state index contributed by atoms with van der Waals surface area (Å²) >= 11 is 0. The highest BCUT2D eigenvalue weighted by Crippen LogP contribution is 2.00. The lowest BCUT2D eigenvalue weighted by Gasteiger charge is -2.26. The van der Waals surface area contributed by atoms with E-state index in [1.807, 2.05) is 0 Å². The molecule has 110 valence electrons. The summed E-state index contributed by atoms with van der Waals surface area (Å²) in [6.45, 7) is 1.85. The van der Waals surface area contributed by atoms with E-state index in [2.05, 4.69) is 10.3 Å². The molecule has 1 fully saturated rings. The molecule has 1 aromatic rings. The van der Waals surface area contributed by atoms with Gasteiger partial charge in [-0.05, 0) is 0 Å². The van der Waals surface area contributed by atoms with Crippen LogP contribution in [0.15, 0.2) is 12.5 Å². The largest absolute Gasteiger partial charge is 0.476 e. The van der Waals surface area contributed by atoms with Gasteiger partial charge in [-0.3, -0.25) is 4.21 Å². The molecule has 1 aliphatic rings. The third-order valence-electron chi connectivity index (χ3n) is 2.96. The van der Waals surface area contributed by atoms with E-state index in [1.54, 1.807) is 9.47 Å². The molecule has 0 unspecified atom stereocenters. The highest BCUT2D eigenvalue weighted by Gasteiger charge is 2.19. The van der Waals surface area contributed by atoms with Crippen LogP contribution < -0.4 is 5.32 Å². The Kier molecular flexibility index (Phi) is 4.72. The summed E-state index contributed by atoms with van der Waals surface area (Å²) in [6.07, 6.45) is 2.83. The minimum absolute atomic E-state index is 0.0187. The van der Waals surface area contributed by atoms with Crippen LogP contribution in [0.4, 0.5) is 4.79 Å². The summed E-state index contributed by atoms with van der Waals surface area (Å²) in [4.78, 5) is 27.8. The molecule has 2 amide bonds. The molecule has 0 spiro atoms.